The lowest BCUT2D eigenvalue weighted by Gasteiger charge is -1.99. The normalized spacial score (nSPS) is 10.6. The number of thioether (sulfide) groups is 1. The zero-order valence-corrected chi connectivity index (χ0v) is 8.89. The second kappa shape index (κ2) is 6.05. The molecule has 0 saturated heterocycles. The minimum absolute atomic E-state index is 0.587. The average Bonchev–Trinajstić information content (AvgIpc) is 2.60. The molecule has 0 spiro atoms. The van der Waals surface area contributed by atoms with E-state index in [1.165, 1.54) is 17.9 Å². The molecule has 0 saturated carbocycles. The summed E-state index contributed by atoms with van der Waals surface area (Å²) < 4.78 is 1.97. The van der Waals surface area contributed by atoms with Crippen molar-refractivity contribution in [2.24, 2.45) is 5.73 Å². The van der Waals surface area contributed by atoms with E-state index in [9.17, 15) is 0 Å². The van der Waals surface area contributed by atoms with Gasteiger partial charge in [0.25, 0.3) is 0 Å². The number of nitrogens with zero attached hydrogens (tertiary/aromatic N) is 2. The first-order valence-corrected chi connectivity index (χ1v) is 5.81. The van der Waals surface area contributed by atoms with Crippen molar-refractivity contribution < 1.29 is 0 Å². The maximum absolute atomic E-state index is 5.48. The Morgan fingerprint density at radius 3 is 3.08 bits per heavy atom. The zero-order chi connectivity index (χ0) is 9.52. The molecule has 2 N–H and O–H groups in total. The molecule has 0 unspecified atom stereocenters. The van der Waals surface area contributed by atoms with E-state index in [-0.39, 0.29) is 0 Å². The van der Waals surface area contributed by atoms with Crippen LogP contribution in [0, 0.1) is 0 Å². The molecule has 1 aromatic heterocycles. The van der Waals surface area contributed by atoms with Crippen molar-refractivity contribution in [2.75, 3.05) is 11.5 Å². The summed E-state index contributed by atoms with van der Waals surface area (Å²) >= 11 is 1.97. The Bertz CT molecular complexity index is 235. The minimum Gasteiger partial charge on any atom is -0.326 e. The van der Waals surface area contributed by atoms with Crippen LogP contribution in [-0.4, -0.2) is 21.3 Å². The van der Waals surface area contributed by atoms with Gasteiger partial charge in [0.2, 0.25) is 0 Å². The summed E-state index contributed by atoms with van der Waals surface area (Å²) in [5.74, 6) is 2.42. The second-order valence-corrected chi connectivity index (χ2v) is 4.26. The lowest BCUT2D eigenvalue weighted by molar-refractivity contribution is 0.605. The lowest BCUT2D eigenvalue weighted by Crippen LogP contribution is -2.00. The first-order chi connectivity index (χ1) is 6.36. The third-order valence-corrected chi connectivity index (χ3v) is 2.79. The number of hydrogen-bond acceptors (Lipinski definition) is 3. The van der Waals surface area contributed by atoms with Gasteiger partial charge in [0.15, 0.2) is 0 Å². The number of nitrogens with two attached hydrogens (primary N) is 1. The van der Waals surface area contributed by atoms with Crippen molar-refractivity contribution in [1.29, 1.82) is 0 Å². The highest BCUT2D eigenvalue weighted by Gasteiger charge is 1.95. The average molecular weight is 199 g/mol. The van der Waals surface area contributed by atoms with E-state index in [2.05, 4.69) is 12.0 Å². The monoisotopic (exact) mass is 199 g/mol. The maximum atomic E-state index is 5.48. The highest BCUT2D eigenvalue weighted by atomic mass is 32.2. The van der Waals surface area contributed by atoms with Gasteiger partial charge in [-0.05, 0) is 17.9 Å². The lowest BCUT2D eigenvalue weighted by atomic mass is 10.4. The molecule has 0 amide bonds. The van der Waals surface area contributed by atoms with Crippen LogP contribution in [0.25, 0.3) is 0 Å². The molecule has 0 radical (unpaired) electrons. The van der Waals surface area contributed by atoms with Gasteiger partial charge in [-0.15, -0.1) is 0 Å². The van der Waals surface area contributed by atoms with Gasteiger partial charge in [-0.3, -0.25) is 4.68 Å². The Kier molecular flexibility index (Phi) is 4.93. The van der Waals surface area contributed by atoms with Gasteiger partial charge in [-0.25, -0.2) is 0 Å². The van der Waals surface area contributed by atoms with E-state index < -0.39 is 0 Å². The molecule has 74 valence electrons. The molecule has 0 bridgehead atoms. The fourth-order valence-corrected chi connectivity index (χ4v) is 1.73. The third kappa shape index (κ3) is 3.83. The molecule has 0 aliphatic heterocycles. The SMILES string of the molecule is CCSCCCn1cc(CN)cn1. The molecule has 0 fully saturated rings. The third-order valence-electron chi connectivity index (χ3n) is 1.80. The smallest absolute Gasteiger partial charge is 0.0534 e. The summed E-state index contributed by atoms with van der Waals surface area (Å²) in [6, 6.07) is 0. The summed E-state index contributed by atoms with van der Waals surface area (Å²) in [6.07, 6.45) is 5.05. The van der Waals surface area contributed by atoms with Gasteiger partial charge in [0, 0.05) is 24.8 Å². The van der Waals surface area contributed by atoms with Crippen LogP contribution in [-0.2, 0) is 13.1 Å². The number of rotatable bonds is 6. The van der Waals surface area contributed by atoms with E-state index in [0.29, 0.717) is 6.54 Å². The number of aromatic nitrogens is 2. The van der Waals surface area contributed by atoms with Crippen LogP contribution in [0.15, 0.2) is 12.4 Å². The Morgan fingerprint density at radius 2 is 2.46 bits per heavy atom. The van der Waals surface area contributed by atoms with Gasteiger partial charge in [-0.2, -0.15) is 16.9 Å². The predicted molar refractivity (Wildman–Crippen MR) is 57.7 cm³/mol. The molecule has 1 rings (SSSR count). The Hall–Kier alpha value is -0.480. The predicted octanol–water partition coefficient (Wildman–Crippen LogP) is 1.48. The number of hydrogen-bond donors (Lipinski definition) is 1. The molecule has 0 aliphatic carbocycles. The van der Waals surface area contributed by atoms with E-state index in [0.717, 1.165) is 12.1 Å². The molecule has 3 nitrogen and oxygen atoms in total. The van der Waals surface area contributed by atoms with Crippen molar-refractivity contribution in [3.8, 4) is 0 Å². The van der Waals surface area contributed by atoms with Crippen molar-refractivity contribution >= 4 is 11.8 Å². The quantitative estimate of drug-likeness (QED) is 0.706. The van der Waals surface area contributed by atoms with E-state index in [4.69, 9.17) is 5.73 Å². The first kappa shape index (κ1) is 10.6. The van der Waals surface area contributed by atoms with Crippen molar-refractivity contribution in [3.63, 3.8) is 0 Å². The molecule has 1 heterocycles. The fourth-order valence-electron chi connectivity index (χ4n) is 1.11. The van der Waals surface area contributed by atoms with Crippen LogP contribution in [0.4, 0.5) is 0 Å². The van der Waals surface area contributed by atoms with Gasteiger partial charge in [-0.1, -0.05) is 6.92 Å². The van der Waals surface area contributed by atoms with Crippen molar-refractivity contribution in [1.82, 2.24) is 9.78 Å². The summed E-state index contributed by atoms with van der Waals surface area (Å²) in [6.45, 7) is 3.78. The molecule has 0 aliphatic rings. The number of aryl methyl sites for hydroxylation is 1. The Labute approximate surface area is 83.7 Å². The van der Waals surface area contributed by atoms with Crippen LogP contribution >= 0.6 is 11.8 Å². The van der Waals surface area contributed by atoms with E-state index >= 15 is 0 Å². The van der Waals surface area contributed by atoms with E-state index in [1.54, 1.807) is 0 Å². The summed E-state index contributed by atoms with van der Waals surface area (Å²) in [7, 11) is 0. The maximum Gasteiger partial charge on any atom is 0.0534 e. The van der Waals surface area contributed by atoms with Crippen molar-refractivity contribution in [3.05, 3.63) is 18.0 Å². The van der Waals surface area contributed by atoms with Gasteiger partial charge in [0.1, 0.15) is 0 Å². The molecular formula is C9H17N3S. The fraction of sp³-hybridized carbons (Fsp3) is 0.667. The van der Waals surface area contributed by atoms with Gasteiger partial charge >= 0.3 is 0 Å². The Balaban J connectivity index is 2.20. The molecule has 1 aromatic rings. The molecule has 0 aromatic carbocycles. The van der Waals surface area contributed by atoms with Crippen LogP contribution in [0.5, 0.6) is 0 Å². The van der Waals surface area contributed by atoms with Crippen LogP contribution in [0.3, 0.4) is 0 Å². The van der Waals surface area contributed by atoms with Gasteiger partial charge in [0.05, 0.1) is 6.20 Å². The van der Waals surface area contributed by atoms with Crippen LogP contribution in [0.2, 0.25) is 0 Å². The summed E-state index contributed by atoms with van der Waals surface area (Å²) in [5.41, 5.74) is 6.60. The van der Waals surface area contributed by atoms with Crippen LogP contribution in [0.1, 0.15) is 18.9 Å². The minimum atomic E-state index is 0.587. The highest BCUT2D eigenvalue weighted by Crippen LogP contribution is 2.03. The first-order valence-electron chi connectivity index (χ1n) is 4.66. The molecule has 0 atom stereocenters. The molecular weight excluding hydrogens is 182 g/mol. The summed E-state index contributed by atoms with van der Waals surface area (Å²) in [4.78, 5) is 0. The van der Waals surface area contributed by atoms with Gasteiger partial charge < -0.3 is 5.73 Å². The topological polar surface area (TPSA) is 43.8 Å². The standard InChI is InChI=1S/C9H17N3S/c1-2-13-5-3-4-12-8-9(6-10)7-11-12/h7-8H,2-6,10H2,1H3. The van der Waals surface area contributed by atoms with Crippen LogP contribution < -0.4 is 5.73 Å². The second-order valence-electron chi connectivity index (χ2n) is 2.87. The summed E-state index contributed by atoms with van der Waals surface area (Å²) in [5, 5.41) is 4.21. The highest BCUT2D eigenvalue weighted by molar-refractivity contribution is 7.99. The van der Waals surface area contributed by atoms with E-state index in [1.807, 2.05) is 28.8 Å². The molecule has 4 heteroatoms. The largest absolute Gasteiger partial charge is 0.326 e. The van der Waals surface area contributed by atoms with Crippen molar-refractivity contribution in [2.45, 2.75) is 26.4 Å². The molecule has 13 heavy (non-hydrogen) atoms. The Morgan fingerprint density at radius 1 is 1.62 bits per heavy atom. The zero-order valence-electron chi connectivity index (χ0n) is 8.07.